The molecular formula is C23H27NO5. The Morgan fingerprint density at radius 3 is 2.21 bits per heavy atom. The first-order chi connectivity index (χ1) is 13.7. The van der Waals surface area contributed by atoms with E-state index < -0.39 is 29.4 Å². The second-order valence-corrected chi connectivity index (χ2v) is 8.26. The summed E-state index contributed by atoms with van der Waals surface area (Å²) in [5, 5.41) is 11.0. The highest BCUT2D eigenvalue weighted by Gasteiger charge is 2.51. The smallest absolute Gasteiger partial charge is 0.417 e. The number of carbonyl (C=O) groups is 2. The van der Waals surface area contributed by atoms with Crippen LogP contribution in [0, 0.1) is 0 Å². The van der Waals surface area contributed by atoms with E-state index >= 15 is 0 Å². The summed E-state index contributed by atoms with van der Waals surface area (Å²) >= 11 is 0. The summed E-state index contributed by atoms with van der Waals surface area (Å²) in [6, 6.07) is 18.0. The van der Waals surface area contributed by atoms with Gasteiger partial charge in [-0.3, -0.25) is 4.79 Å². The summed E-state index contributed by atoms with van der Waals surface area (Å²) < 4.78 is 11.1. The van der Waals surface area contributed by atoms with Crippen LogP contribution in [0.25, 0.3) is 0 Å². The predicted molar refractivity (Wildman–Crippen MR) is 108 cm³/mol. The Hall–Kier alpha value is -2.70. The lowest BCUT2D eigenvalue weighted by molar-refractivity contribution is -0.238. The number of imide groups is 1. The predicted octanol–water partition coefficient (Wildman–Crippen LogP) is 3.32. The van der Waals surface area contributed by atoms with Crippen molar-refractivity contribution in [3.63, 3.8) is 0 Å². The molecule has 1 unspecified atom stereocenters. The van der Waals surface area contributed by atoms with Crippen LogP contribution in [0.15, 0.2) is 60.7 Å². The minimum atomic E-state index is -2.12. The van der Waals surface area contributed by atoms with Crippen LogP contribution in [-0.4, -0.2) is 46.0 Å². The van der Waals surface area contributed by atoms with E-state index in [0.717, 1.165) is 16.0 Å². The number of rotatable bonds is 4. The Morgan fingerprint density at radius 1 is 1.10 bits per heavy atom. The van der Waals surface area contributed by atoms with Crippen LogP contribution >= 0.6 is 0 Å². The molecule has 0 radical (unpaired) electrons. The largest absolute Gasteiger partial charge is 0.443 e. The molecule has 0 bridgehead atoms. The number of aliphatic hydroxyl groups is 1. The number of carbonyl (C=O) groups excluding carboxylic acids is 2. The van der Waals surface area contributed by atoms with Crippen molar-refractivity contribution in [2.45, 2.75) is 51.0 Å². The molecule has 1 aliphatic heterocycles. The van der Waals surface area contributed by atoms with Gasteiger partial charge in [0.15, 0.2) is 0 Å². The molecule has 154 valence electrons. The van der Waals surface area contributed by atoms with Crippen LogP contribution in [0.5, 0.6) is 0 Å². The normalized spacial score (nSPS) is 22.4. The molecule has 1 saturated heterocycles. The number of hydrogen-bond donors (Lipinski definition) is 1. The van der Waals surface area contributed by atoms with Gasteiger partial charge in [0.1, 0.15) is 5.60 Å². The minimum absolute atomic E-state index is 0.0171. The molecule has 1 fully saturated rings. The first-order valence-corrected chi connectivity index (χ1v) is 9.69. The van der Waals surface area contributed by atoms with Gasteiger partial charge in [0.05, 0.1) is 12.6 Å². The van der Waals surface area contributed by atoms with Crippen molar-refractivity contribution >= 4 is 12.0 Å². The Morgan fingerprint density at radius 2 is 1.66 bits per heavy atom. The summed E-state index contributed by atoms with van der Waals surface area (Å²) in [7, 11) is 0. The van der Waals surface area contributed by atoms with E-state index in [1.54, 1.807) is 32.9 Å². The number of ether oxygens (including phenoxy) is 2. The number of benzene rings is 2. The van der Waals surface area contributed by atoms with Crippen molar-refractivity contribution in [2.75, 3.05) is 6.61 Å². The molecule has 2 amide bonds. The Labute approximate surface area is 171 Å². The van der Waals surface area contributed by atoms with Gasteiger partial charge in [-0.25, -0.2) is 9.69 Å². The Balaban J connectivity index is 1.87. The summed E-state index contributed by atoms with van der Waals surface area (Å²) in [6.07, 6.45) is -0.421. The van der Waals surface area contributed by atoms with Crippen molar-refractivity contribution < 1.29 is 24.2 Å². The van der Waals surface area contributed by atoms with Crippen molar-refractivity contribution in [2.24, 2.45) is 0 Å². The monoisotopic (exact) mass is 397 g/mol. The summed E-state index contributed by atoms with van der Waals surface area (Å²) in [4.78, 5) is 27.1. The fraction of sp³-hybridized carbons (Fsp3) is 0.391. The van der Waals surface area contributed by atoms with Gasteiger partial charge in [-0.1, -0.05) is 60.7 Å². The van der Waals surface area contributed by atoms with Gasteiger partial charge >= 0.3 is 6.09 Å². The average molecular weight is 397 g/mol. The molecule has 6 heteroatoms. The van der Waals surface area contributed by atoms with E-state index in [2.05, 4.69) is 0 Å². The van der Waals surface area contributed by atoms with Crippen LogP contribution in [0.1, 0.15) is 31.9 Å². The molecule has 0 aliphatic carbocycles. The lowest BCUT2D eigenvalue weighted by Crippen LogP contribution is -2.64. The van der Waals surface area contributed by atoms with Crippen molar-refractivity contribution in [1.82, 2.24) is 4.90 Å². The van der Waals surface area contributed by atoms with Crippen molar-refractivity contribution in [3.8, 4) is 0 Å². The highest BCUT2D eigenvalue weighted by atomic mass is 16.6. The molecular weight excluding hydrogens is 370 g/mol. The second-order valence-electron chi connectivity index (χ2n) is 8.26. The molecule has 1 aliphatic rings. The van der Waals surface area contributed by atoms with Gasteiger partial charge in [-0.05, 0) is 38.3 Å². The molecule has 0 spiro atoms. The van der Waals surface area contributed by atoms with E-state index in [4.69, 9.17) is 9.47 Å². The third-order valence-electron chi connectivity index (χ3n) is 4.62. The molecule has 1 heterocycles. The number of hydrogen-bond acceptors (Lipinski definition) is 5. The van der Waals surface area contributed by atoms with Gasteiger partial charge in [-0.15, -0.1) is 0 Å². The van der Waals surface area contributed by atoms with Crippen LogP contribution < -0.4 is 0 Å². The van der Waals surface area contributed by atoms with Crippen LogP contribution in [0.2, 0.25) is 0 Å². The first kappa shape index (κ1) is 21.0. The molecule has 6 nitrogen and oxygen atoms in total. The van der Waals surface area contributed by atoms with E-state index in [9.17, 15) is 14.7 Å². The molecule has 29 heavy (non-hydrogen) atoms. The standard InChI is InChI=1S/C23H27NO5/c1-22(2,3)29-21(26)24-19(14-17-10-6-4-7-11-17)16-28-23(27,20(24)25)15-18-12-8-5-9-13-18/h4-13,19,27H,14-16H2,1-3H3/t19-,23?/m0/s1. The Kier molecular flexibility index (Phi) is 6.05. The fourth-order valence-corrected chi connectivity index (χ4v) is 3.30. The quantitative estimate of drug-likeness (QED) is 0.857. The first-order valence-electron chi connectivity index (χ1n) is 9.69. The zero-order valence-corrected chi connectivity index (χ0v) is 17.0. The van der Waals surface area contributed by atoms with Crippen molar-refractivity contribution in [1.29, 1.82) is 0 Å². The van der Waals surface area contributed by atoms with Gasteiger partial charge in [0.2, 0.25) is 0 Å². The molecule has 0 aromatic heterocycles. The average Bonchev–Trinajstić information content (AvgIpc) is 2.65. The highest BCUT2D eigenvalue weighted by molar-refractivity contribution is 5.97. The van der Waals surface area contributed by atoms with Gasteiger partial charge in [-0.2, -0.15) is 0 Å². The molecule has 1 N–H and O–H groups in total. The van der Waals surface area contributed by atoms with Gasteiger partial charge < -0.3 is 14.6 Å². The summed E-state index contributed by atoms with van der Waals surface area (Å²) in [6.45, 7) is 5.22. The van der Waals surface area contributed by atoms with E-state index in [0.29, 0.717) is 6.42 Å². The zero-order valence-electron chi connectivity index (χ0n) is 17.0. The number of morpholine rings is 1. The fourth-order valence-electron chi connectivity index (χ4n) is 3.30. The lowest BCUT2D eigenvalue weighted by Gasteiger charge is -2.42. The number of nitrogens with zero attached hydrogens (tertiary/aromatic N) is 1. The van der Waals surface area contributed by atoms with Crippen LogP contribution in [0.4, 0.5) is 4.79 Å². The van der Waals surface area contributed by atoms with Gasteiger partial charge in [0.25, 0.3) is 11.7 Å². The molecule has 0 saturated carbocycles. The topological polar surface area (TPSA) is 76.1 Å². The van der Waals surface area contributed by atoms with Crippen LogP contribution in [-0.2, 0) is 27.1 Å². The molecule has 3 rings (SSSR count). The maximum absolute atomic E-state index is 13.2. The highest BCUT2D eigenvalue weighted by Crippen LogP contribution is 2.28. The van der Waals surface area contributed by atoms with Crippen LogP contribution in [0.3, 0.4) is 0 Å². The lowest BCUT2D eigenvalue weighted by atomic mass is 9.98. The zero-order chi connectivity index (χ0) is 21.1. The molecule has 2 atom stereocenters. The maximum Gasteiger partial charge on any atom is 0.417 e. The molecule has 2 aromatic carbocycles. The van der Waals surface area contributed by atoms with E-state index in [-0.39, 0.29) is 13.0 Å². The molecule has 2 aromatic rings. The SMILES string of the molecule is CC(C)(C)OC(=O)N1C(=O)C(O)(Cc2ccccc2)OC[C@@H]1Cc1ccccc1. The van der Waals surface area contributed by atoms with E-state index in [1.807, 2.05) is 48.5 Å². The second kappa shape index (κ2) is 8.35. The Bertz CT molecular complexity index is 847. The minimum Gasteiger partial charge on any atom is -0.443 e. The summed E-state index contributed by atoms with van der Waals surface area (Å²) in [5.74, 6) is -2.92. The third kappa shape index (κ3) is 5.22. The summed E-state index contributed by atoms with van der Waals surface area (Å²) in [5.41, 5.74) is 0.912. The third-order valence-corrected chi connectivity index (χ3v) is 4.62. The maximum atomic E-state index is 13.2. The van der Waals surface area contributed by atoms with Gasteiger partial charge in [0, 0.05) is 6.42 Å². The van der Waals surface area contributed by atoms with E-state index in [1.165, 1.54) is 0 Å². The van der Waals surface area contributed by atoms with Crippen molar-refractivity contribution in [3.05, 3.63) is 71.8 Å². The number of amides is 2.